The Balaban J connectivity index is 1.48. The van der Waals surface area contributed by atoms with Crippen molar-refractivity contribution in [3.05, 3.63) is 0 Å². The van der Waals surface area contributed by atoms with Crippen molar-refractivity contribution in [2.24, 2.45) is 5.92 Å². The molecule has 2 fully saturated rings. The van der Waals surface area contributed by atoms with Crippen LogP contribution >= 0.6 is 0 Å². The topological polar surface area (TPSA) is 40.2 Å². The van der Waals surface area contributed by atoms with Crippen LogP contribution in [0.4, 0.5) is 0 Å². The third-order valence-electron chi connectivity index (χ3n) is 7.19. The van der Waals surface area contributed by atoms with E-state index in [1.165, 1.54) is 82.3 Å². The first-order valence-corrected chi connectivity index (χ1v) is 26.2. The van der Waals surface area contributed by atoms with Gasteiger partial charge < -0.3 is 17.1 Å². The molecule has 0 spiro atoms. The molecular weight excluding hydrogens is 493 g/mol. The largest absolute Gasteiger partial charge is 0.455 e. The van der Waals surface area contributed by atoms with Crippen molar-refractivity contribution in [2.45, 2.75) is 147 Å². The highest BCUT2D eigenvalue weighted by Crippen LogP contribution is 2.41. The molecule has 0 aromatic heterocycles. The highest BCUT2D eigenvalue weighted by molar-refractivity contribution is 6.84. The third kappa shape index (κ3) is 13.7. The van der Waals surface area contributed by atoms with E-state index >= 15 is 0 Å². The monoisotopic (exact) mass is 545 g/mol. The standard InChI is InChI=1S/C24H53O4Si5/c1-30(2)26-29-27-31(3,4)18-13-11-9-10-12-14-19-32(5,6)28-33(7,8)20-17-22-15-16-23-24(21-22)25-23/h22-24H,9-21H2,1-8H3. The lowest BCUT2D eigenvalue weighted by Crippen LogP contribution is -2.44. The van der Waals surface area contributed by atoms with Gasteiger partial charge >= 0.3 is 10.0 Å². The molecule has 0 N–H and O–H groups in total. The maximum atomic E-state index is 6.91. The van der Waals surface area contributed by atoms with E-state index in [2.05, 4.69) is 52.4 Å². The predicted octanol–water partition coefficient (Wildman–Crippen LogP) is 7.74. The van der Waals surface area contributed by atoms with Crippen LogP contribution in [0.5, 0.6) is 0 Å². The zero-order valence-electron chi connectivity index (χ0n) is 23.1. The maximum absolute atomic E-state index is 6.91. The lowest BCUT2D eigenvalue weighted by Gasteiger charge is -2.35. The van der Waals surface area contributed by atoms with E-state index in [1.54, 1.807) is 0 Å². The van der Waals surface area contributed by atoms with Crippen molar-refractivity contribution >= 4 is 44.0 Å². The van der Waals surface area contributed by atoms with E-state index in [-0.39, 0.29) is 10.0 Å². The van der Waals surface area contributed by atoms with Crippen LogP contribution < -0.4 is 0 Å². The van der Waals surface area contributed by atoms with Crippen LogP contribution in [0, 0.1) is 5.92 Å². The van der Waals surface area contributed by atoms with Crippen molar-refractivity contribution in [1.29, 1.82) is 0 Å². The quantitative estimate of drug-likeness (QED) is 0.100. The molecule has 33 heavy (non-hydrogen) atoms. The molecule has 0 aromatic rings. The number of hydrogen-bond acceptors (Lipinski definition) is 4. The molecular formula is C24H53O4Si5. The molecule has 1 saturated heterocycles. The van der Waals surface area contributed by atoms with Gasteiger partial charge in [-0.05, 0) is 95.7 Å². The van der Waals surface area contributed by atoms with E-state index in [0.717, 1.165) is 5.92 Å². The summed E-state index contributed by atoms with van der Waals surface area (Å²) in [5.41, 5.74) is 0. The van der Waals surface area contributed by atoms with Crippen molar-refractivity contribution in [1.82, 2.24) is 0 Å². The normalized spacial score (nSPS) is 23.7. The first-order valence-electron chi connectivity index (χ1n) is 13.6. The van der Waals surface area contributed by atoms with Gasteiger partial charge in [-0.25, -0.2) is 0 Å². The summed E-state index contributed by atoms with van der Waals surface area (Å²) >= 11 is 0. The SMILES string of the molecule is C[Si](C)O[Si]O[Si](C)(C)CCCCCCCC[Si](C)(C)O[Si](C)(C)CCC1CCC2OC2C1. The molecule has 1 aliphatic heterocycles. The Labute approximate surface area is 213 Å². The fourth-order valence-electron chi connectivity index (χ4n) is 5.23. The van der Waals surface area contributed by atoms with Crippen LogP contribution in [0.2, 0.25) is 70.5 Å². The summed E-state index contributed by atoms with van der Waals surface area (Å²) in [4.78, 5) is 0. The first kappa shape index (κ1) is 30.2. The van der Waals surface area contributed by atoms with E-state index in [4.69, 9.17) is 17.1 Å². The van der Waals surface area contributed by atoms with Crippen LogP contribution in [0.15, 0.2) is 0 Å². The molecule has 1 saturated carbocycles. The van der Waals surface area contributed by atoms with Crippen molar-refractivity contribution in [2.75, 3.05) is 0 Å². The van der Waals surface area contributed by atoms with Gasteiger partial charge in [-0.1, -0.05) is 44.9 Å². The molecule has 4 nitrogen and oxygen atoms in total. The summed E-state index contributed by atoms with van der Waals surface area (Å²) < 4.78 is 24.4. The van der Waals surface area contributed by atoms with Gasteiger partial charge in [0.05, 0.1) is 12.2 Å². The number of ether oxygens (including phenoxy) is 1. The number of epoxide rings is 1. The molecule has 3 radical (unpaired) electrons. The molecule has 1 heterocycles. The smallest absolute Gasteiger partial charge is 0.409 e. The van der Waals surface area contributed by atoms with Crippen LogP contribution in [-0.2, 0) is 17.1 Å². The Morgan fingerprint density at radius 2 is 1.33 bits per heavy atom. The van der Waals surface area contributed by atoms with Crippen LogP contribution in [-0.4, -0.2) is 56.2 Å². The Morgan fingerprint density at radius 1 is 0.758 bits per heavy atom. The molecule has 193 valence electrons. The minimum absolute atomic E-state index is 0.264. The number of rotatable bonds is 18. The van der Waals surface area contributed by atoms with Crippen LogP contribution in [0.25, 0.3) is 0 Å². The Hall–Kier alpha value is 0.924. The lowest BCUT2D eigenvalue weighted by atomic mass is 9.88. The van der Waals surface area contributed by atoms with Crippen molar-refractivity contribution in [3.63, 3.8) is 0 Å². The molecule has 9 heteroatoms. The second-order valence-corrected chi connectivity index (χ2v) is 29.1. The van der Waals surface area contributed by atoms with Crippen LogP contribution in [0.1, 0.15) is 64.2 Å². The van der Waals surface area contributed by atoms with Gasteiger partial charge in [0, 0.05) is 0 Å². The minimum Gasteiger partial charge on any atom is -0.455 e. The summed E-state index contributed by atoms with van der Waals surface area (Å²) in [6.45, 7) is 18.9. The summed E-state index contributed by atoms with van der Waals surface area (Å²) in [6.07, 6.45) is 14.8. The van der Waals surface area contributed by atoms with Crippen LogP contribution in [0.3, 0.4) is 0 Å². The lowest BCUT2D eigenvalue weighted by molar-refractivity contribution is 0.355. The fraction of sp³-hybridized carbons (Fsp3) is 1.00. The predicted molar refractivity (Wildman–Crippen MR) is 152 cm³/mol. The molecule has 3 atom stereocenters. The average molecular weight is 546 g/mol. The van der Waals surface area contributed by atoms with E-state index in [9.17, 15) is 0 Å². The number of unbranched alkanes of at least 4 members (excludes halogenated alkanes) is 5. The van der Waals surface area contributed by atoms with Crippen molar-refractivity contribution in [3.8, 4) is 0 Å². The van der Waals surface area contributed by atoms with E-state index in [0.29, 0.717) is 12.2 Å². The molecule has 0 bridgehead atoms. The molecule has 3 unspecified atom stereocenters. The number of fused-ring (bicyclic) bond motifs is 1. The first-order chi connectivity index (χ1) is 15.4. The van der Waals surface area contributed by atoms with Gasteiger partial charge in [-0.3, -0.25) is 0 Å². The molecule has 2 aliphatic rings. The Morgan fingerprint density at radius 3 is 1.94 bits per heavy atom. The molecule has 0 amide bonds. The zero-order valence-corrected chi connectivity index (χ0v) is 28.1. The molecule has 0 aromatic carbocycles. The Kier molecular flexibility index (Phi) is 12.8. The summed E-state index contributed by atoms with van der Waals surface area (Å²) in [7, 11) is -4.96. The molecule has 2 rings (SSSR count). The van der Waals surface area contributed by atoms with Gasteiger partial charge in [0.15, 0.2) is 34.0 Å². The summed E-state index contributed by atoms with van der Waals surface area (Å²) in [5.74, 6) is 0.892. The Bertz CT molecular complexity index is 559. The highest BCUT2D eigenvalue weighted by Gasteiger charge is 2.44. The van der Waals surface area contributed by atoms with Gasteiger partial charge in [0.25, 0.3) is 0 Å². The minimum atomic E-state index is -1.55. The number of hydrogen-bond donors (Lipinski definition) is 0. The van der Waals surface area contributed by atoms with E-state index in [1.807, 2.05) is 0 Å². The van der Waals surface area contributed by atoms with Gasteiger partial charge in [0.1, 0.15) is 0 Å². The van der Waals surface area contributed by atoms with Crippen molar-refractivity contribution < 1.29 is 17.1 Å². The maximum Gasteiger partial charge on any atom is 0.409 e. The highest BCUT2D eigenvalue weighted by atomic mass is 28.4. The average Bonchev–Trinajstić information content (AvgIpc) is 3.46. The van der Waals surface area contributed by atoms with E-state index < -0.39 is 34.0 Å². The van der Waals surface area contributed by atoms with Gasteiger partial charge in [-0.2, -0.15) is 0 Å². The fourth-order valence-corrected chi connectivity index (χ4v) is 17.9. The van der Waals surface area contributed by atoms with Gasteiger partial charge in [0.2, 0.25) is 0 Å². The third-order valence-corrected chi connectivity index (χ3v) is 20.7. The second-order valence-electron chi connectivity index (χ2n) is 12.6. The zero-order chi connectivity index (χ0) is 24.5. The summed E-state index contributed by atoms with van der Waals surface area (Å²) in [5, 5.41) is 0. The molecule has 1 aliphatic carbocycles. The second kappa shape index (κ2) is 14.0. The van der Waals surface area contributed by atoms with Gasteiger partial charge in [-0.15, -0.1) is 0 Å². The summed E-state index contributed by atoms with van der Waals surface area (Å²) in [6, 6.07) is 3.93.